The Labute approximate surface area is 221 Å². The number of hydrogen-bond acceptors (Lipinski definition) is 10. The summed E-state index contributed by atoms with van der Waals surface area (Å²) in [5, 5.41) is 20.5. The van der Waals surface area contributed by atoms with Crippen molar-refractivity contribution in [3.05, 3.63) is 29.2 Å². The third-order valence-corrected chi connectivity index (χ3v) is 9.33. The standard InChI is InChI=1S/C25H32ClN7O2S/c1-16-22(28)25(15-35-16)6-11-32(12-7-25)23-18(14-34)31-20(13-30-23)36-19-5-9-29-24(21(19)26)33-10-2-3-17(33)4-8-27/h5,9,13,16-17,22,34H,2-4,6-7,10-12,14-15,28H2,1H3/t16-,17?,22+/m0/s1. The average molecular weight is 530 g/mol. The number of aliphatic hydroxyl groups is 1. The number of halogens is 1. The van der Waals surface area contributed by atoms with E-state index in [-0.39, 0.29) is 30.2 Å². The fraction of sp³-hybridized carbons (Fsp3) is 0.600. The van der Waals surface area contributed by atoms with Gasteiger partial charge in [-0.2, -0.15) is 5.26 Å². The maximum atomic E-state index is 10.1. The Morgan fingerprint density at radius 3 is 2.81 bits per heavy atom. The molecule has 3 aliphatic heterocycles. The molecule has 192 valence electrons. The highest BCUT2D eigenvalue weighted by Crippen LogP contribution is 2.43. The predicted octanol–water partition coefficient (Wildman–Crippen LogP) is 3.38. The molecular formula is C25H32ClN7O2S. The van der Waals surface area contributed by atoms with Crippen LogP contribution in [0.4, 0.5) is 11.6 Å². The van der Waals surface area contributed by atoms with Gasteiger partial charge in [0.15, 0.2) is 5.82 Å². The summed E-state index contributed by atoms with van der Waals surface area (Å²) in [6.07, 6.45) is 7.86. The van der Waals surface area contributed by atoms with E-state index < -0.39 is 0 Å². The molecule has 5 rings (SSSR count). The Kier molecular flexibility index (Phi) is 7.56. The fourth-order valence-corrected chi connectivity index (χ4v) is 6.83. The minimum Gasteiger partial charge on any atom is -0.390 e. The maximum absolute atomic E-state index is 10.1. The molecule has 2 aromatic heterocycles. The molecule has 3 saturated heterocycles. The number of nitrogens with zero attached hydrogens (tertiary/aromatic N) is 6. The molecule has 11 heteroatoms. The van der Waals surface area contributed by atoms with Crippen molar-refractivity contribution >= 4 is 35.0 Å². The molecule has 3 N–H and O–H groups in total. The lowest BCUT2D eigenvalue weighted by Gasteiger charge is -2.41. The highest BCUT2D eigenvalue weighted by molar-refractivity contribution is 7.99. The van der Waals surface area contributed by atoms with Gasteiger partial charge in [-0.3, -0.25) is 0 Å². The van der Waals surface area contributed by atoms with Crippen LogP contribution in [0.3, 0.4) is 0 Å². The van der Waals surface area contributed by atoms with Crippen LogP contribution >= 0.6 is 23.4 Å². The summed E-state index contributed by atoms with van der Waals surface area (Å²) in [6.45, 7) is 5.00. The molecule has 1 spiro atoms. The van der Waals surface area contributed by atoms with Gasteiger partial charge in [-0.25, -0.2) is 15.0 Å². The van der Waals surface area contributed by atoms with Crippen molar-refractivity contribution in [2.24, 2.45) is 11.1 Å². The second kappa shape index (κ2) is 10.7. The monoisotopic (exact) mass is 529 g/mol. The normalized spacial score (nSPS) is 25.5. The van der Waals surface area contributed by atoms with E-state index in [1.165, 1.54) is 11.8 Å². The molecule has 0 amide bonds. The van der Waals surface area contributed by atoms with Crippen LogP contribution in [0.5, 0.6) is 0 Å². The number of pyridine rings is 1. The summed E-state index contributed by atoms with van der Waals surface area (Å²) in [7, 11) is 0. The van der Waals surface area contributed by atoms with Gasteiger partial charge in [0.1, 0.15) is 16.5 Å². The molecule has 9 nitrogen and oxygen atoms in total. The first-order valence-electron chi connectivity index (χ1n) is 12.5. The predicted molar refractivity (Wildman–Crippen MR) is 139 cm³/mol. The van der Waals surface area contributed by atoms with Crippen molar-refractivity contribution < 1.29 is 9.84 Å². The SMILES string of the molecule is C[C@@H]1OCC2(CCN(c3ncc(Sc4ccnc(N5CCCC5CC#N)c4Cl)nc3CO)CC2)[C@@H]1N. The van der Waals surface area contributed by atoms with Crippen molar-refractivity contribution in [2.45, 2.75) is 73.7 Å². The molecule has 3 atom stereocenters. The number of anilines is 2. The third-order valence-electron chi connectivity index (χ3n) is 7.88. The summed E-state index contributed by atoms with van der Waals surface area (Å²) >= 11 is 8.18. The third kappa shape index (κ3) is 4.75. The van der Waals surface area contributed by atoms with E-state index in [1.54, 1.807) is 12.4 Å². The van der Waals surface area contributed by atoms with Gasteiger partial charge in [-0.15, -0.1) is 0 Å². The van der Waals surface area contributed by atoms with E-state index in [9.17, 15) is 5.11 Å². The summed E-state index contributed by atoms with van der Waals surface area (Å²) in [5.74, 6) is 1.42. The summed E-state index contributed by atoms with van der Waals surface area (Å²) in [4.78, 5) is 19.1. The van der Waals surface area contributed by atoms with E-state index >= 15 is 0 Å². The van der Waals surface area contributed by atoms with Crippen LogP contribution in [-0.4, -0.2) is 64.5 Å². The van der Waals surface area contributed by atoms with Crippen LogP contribution in [-0.2, 0) is 11.3 Å². The van der Waals surface area contributed by atoms with Crippen molar-refractivity contribution in [1.82, 2.24) is 15.0 Å². The molecule has 36 heavy (non-hydrogen) atoms. The number of aromatic nitrogens is 3. The Hall–Kier alpha value is -2.16. The molecule has 2 aromatic rings. The Balaban J connectivity index is 1.31. The minimum atomic E-state index is -0.197. The second-order valence-electron chi connectivity index (χ2n) is 9.93. The van der Waals surface area contributed by atoms with Crippen LogP contribution in [0.15, 0.2) is 28.4 Å². The van der Waals surface area contributed by atoms with Gasteiger partial charge in [0, 0.05) is 48.2 Å². The summed E-state index contributed by atoms with van der Waals surface area (Å²) < 4.78 is 5.84. The van der Waals surface area contributed by atoms with Gasteiger partial charge in [0.05, 0.1) is 43.0 Å². The number of aliphatic hydroxyl groups excluding tert-OH is 1. The van der Waals surface area contributed by atoms with Crippen LogP contribution in [0.2, 0.25) is 5.02 Å². The number of hydrogen-bond donors (Lipinski definition) is 2. The number of nitriles is 1. The highest BCUT2D eigenvalue weighted by Gasteiger charge is 2.47. The lowest BCUT2D eigenvalue weighted by molar-refractivity contribution is 0.0973. The Bertz CT molecular complexity index is 1140. The number of piperidine rings is 1. The molecular weight excluding hydrogens is 498 g/mol. The minimum absolute atomic E-state index is 0.0237. The zero-order chi connectivity index (χ0) is 25.3. The van der Waals surface area contributed by atoms with Gasteiger partial charge in [-0.05, 0) is 38.7 Å². The van der Waals surface area contributed by atoms with Crippen molar-refractivity contribution in [2.75, 3.05) is 36.0 Å². The zero-order valence-electron chi connectivity index (χ0n) is 20.4. The molecule has 0 radical (unpaired) electrons. The molecule has 3 fully saturated rings. The topological polar surface area (TPSA) is 124 Å². The molecule has 0 aromatic carbocycles. The fourth-order valence-electron chi connectivity index (χ4n) is 5.70. The maximum Gasteiger partial charge on any atom is 0.152 e. The average Bonchev–Trinajstić information content (AvgIpc) is 3.46. The van der Waals surface area contributed by atoms with Gasteiger partial charge >= 0.3 is 0 Å². The highest BCUT2D eigenvalue weighted by atomic mass is 35.5. The van der Waals surface area contributed by atoms with Gasteiger partial charge in [-0.1, -0.05) is 23.4 Å². The first kappa shape index (κ1) is 25.5. The molecule has 3 aliphatic rings. The smallest absolute Gasteiger partial charge is 0.152 e. The molecule has 1 unspecified atom stereocenters. The first-order chi connectivity index (χ1) is 17.5. The van der Waals surface area contributed by atoms with E-state index in [2.05, 4.69) is 20.9 Å². The number of nitrogens with two attached hydrogens (primary N) is 1. The second-order valence-corrected chi connectivity index (χ2v) is 11.4. The van der Waals surface area contributed by atoms with Crippen LogP contribution < -0.4 is 15.5 Å². The van der Waals surface area contributed by atoms with E-state index in [0.717, 1.165) is 56.0 Å². The van der Waals surface area contributed by atoms with Gasteiger partial charge < -0.3 is 25.4 Å². The van der Waals surface area contributed by atoms with Crippen molar-refractivity contribution in [3.63, 3.8) is 0 Å². The zero-order valence-corrected chi connectivity index (χ0v) is 22.0. The Morgan fingerprint density at radius 2 is 2.11 bits per heavy atom. The quantitative estimate of drug-likeness (QED) is 0.575. The van der Waals surface area contributed by atoms with Crippen molar-refractivity contribution in [3.8, 4) is 6.07 Å². The lowest BCUT2D eigenvalue weighted by atomic mass is 9.73. The van der Waals surface area contributed by atoms with Gasteiger partial charge in [0.2, 0.25) is 0 Å². The summed E-state index contributed by atoms with van der Waals surface area (Å²) in [6, 6.07) is 4.31. The largest absolute Gasteiger partial charge is 0.390 e. The first-order valence-corrected chi connectivity index (χ1v) is 13.7. The molecule has 0 bridgehead atoms. The molecule has 0 aliphatic carbocycles. The number of rotatable bonds is 6. The van der Waals surface area contributed by atoms with E-state index in [1.807, 2.05) is 13.0 Å². The van der Waals surface area contributed by atoms with E-state index in [0.29, 0.717) is 34.6 Å². The molecule has 5 heterocycles. The number of ether oxygens (including phenoxy) is 1. The molecule has 0 saturated carbocycles. The van der Waals surface area contributed by atoms with Gasteiger partial charge in [0.25, 0.3) is 0 Å². The van der Waals surface area contributed by atoms with Crippen LogP contribution in [0.1, 0.15) is 44.7 Å². The van der Waals surface area contributed by atoms with E-state index in [4.69, 9.17) is 37.3 Å². The Morgan fingerprint density at radius 1 is 1.31 bits per heavy atom. The van der Waals surface area contributed by atoms with Crippen LogP contribution in [0.25, 0.3) is 0 Å². The summed E-state index contributed by atoms with van der Waals surface area (Å²) in [5.41, 5.74) is 7.03. The van der Waals surface area contributed by atoms with Crippen LogP contribution in [0, 0.1) is 16.7 Å². The van der Waals surface area contributed by atoms with Crippen molar-refractivity contribution in [1.29, 1.82) is 5.26 Å². The lowest BCUT2D eigenvalue weighted by Crippen LogP contribution is -2.51.